The lowest BCUT2D eigenvalue weighted by atomic mass is 10.0. The van der Waals surface area contributed by atoms with Crippen molar-refractivity contribution in [2.45, 2.75) is 264 Å². The van der Waals surface area contributed by atoms with Gasteiger partial charge in [-0.3, -0.25) is 18.6 Å². The number of phosphoric ester groups is 1. The Morgan fingerprint density at radius 1 is 0.477 bits per heavy atom. The first kappa shape index (κ1) is 63.0. The molecule has 0 heterocycles. The van der Waals surface area contributed by atoms with Crippen LogP contribution in [0.5, 0.6) is 0 Å². The molecule has 10 heteroatoms. The van der Waals surface area contributed by atoms with Crippen LogP contribution < -0.4 is 5.73 Å². The summed E-state index contributed by atoms with van der Waals surface area (Å²) in [5, 5.41) is 0. The predicted molar refractivity (Wildman–Crippen MR) is 275 cm³/mol. The van der Waals surface area contributed by atoms with Gasteiger partial charge in [0.15, 0.2) is 6.10 Å². The summed E-state index contributed by atoms with van der Waals surface area (Å²) in [6.45, 7) is 3.66. The SMILES string of the molecule is CC/C=C\C/C=C\C/C=C\C/C=C\CCCCCCCCCCCCCCCCCCC(=O)OC(COC(=O)CCCCCCCCCCCCCCCCC)COP(=O)(O)OCCN. The second-order valence-electron chi connectivity index (χ2n) is 18.1. The molecule has 3 N–H and O–H groups in total. The maximum atomic E-state index is 12.7. The third-order valence-electron chi connectivity index (χ3n) is 11.7. The van der Waals surface area contributed by atoms with Crippen LogP contribution in [0.15, 0.2) is 48.6 Å². The summed E-state index contributed by atoms with van der Waals surface area (Å²) in [4.78, 5) is 35.1. The van der Waals surface area contributed by atoms with Gasteiger partial charge in [-0.25, -0.2) is 4.57 Å². The molecule has 0 radical (unpaired) electrons. The molecular weight excluding hydrogens is 834 g/mol. The Labute approximate surface area is 400 Å². The minimum Gasteiger partial charge on any atom is -0.462 e. The number of rotatable bonds is 51. The van der Waals surface area contributed by atoms with E-state index in [1.807, 2.05) is 0 Å². The molecule has 0 fully saturated rings. The molecule has 0 aliphatic carbocycles. The number of phosphoric acid groups is 1. The van der Waals surface area contributed by atoms with Gasteiger partial charge in [0.05, 0.1) is 13.2 Å². The van der Waals surface area contributed by atoms with Crippen LogP contribution in [0.25, 0.3) is 0 Å². The number of nitrogens with two attached hydrogens (primary N) is 1. The highest BCUT2D eigenvalue weighted by molar-refractivity contribution is 7.47. The van der Waals surface area contributed by atoms with E-state index in [0.717, 1.165) is 64.2 Å². The summed E-state index contributed by atoms with van der Waals surface area (Å²) < 4.78 is 33.0. The number of esters is 2. The summed E-state index contributed by atoms with van der Waals surface area (Å²) in [6.07, 6.45) is 61.6. The number of carbonyl (C=O) groups excluding carboxylic acids is 2. The Balaban J connectivity index is 3.93. The van der Waals surface area contributed by atoms with Crippen LogP contribution in [0.2, 0.25) is 0 Å². The van der Waals surface area contributed by atoms with Gasteiger partial charge in [0.25, 0.3) is 0 Å². The minimum atomic E-state index is -4.38. The van der Waals surface area contributed by atoms with Gasteiger partial charge in [0.2, 0.25) is 0 Å². The predicted octanol–water partition coefficient (Wildman–Crippen LogP) is 16.6. The molecule has 0 aromatic heterocycles. The normalized spacial score (nSPS) is 13.5. The second-order valence-corrected chi connectivity index (χ2v) is 19.5. The van der Waals surface area contributed by atoms with E-state index < -0.39 is 26.5 Å². The minimum absolute atomic E-state index is 0.0547. The summed E-state index contributed by atoms with van der Waals surface area (Å²) in [6, 6.07) is 0. The van der Waals surface area contributed by atoms with Crippen molar-refractivity contribution >= 4 is 19.8 Å². The van der Waals surface area contributed by atoms with Gasteiger partial charge in [-0.1, -0.05) is 242 Å². The van der Waals surface area contributed by atoms with Crippen LogP contribution >= 0.6 is 7.82 Å². The van der Waals surface area contributed by atoms with E-state index in [2.05, 4.69) is 62.5 Å². The number of carbonyl (C=O) groups is 2. The highest BCUT2D eigenvalue weighted by atomic mass is 31.2. The third-order valence-corrected chi connectivity index (χ3v) is 12.7. The fourth-order valence-corrected chi connectivity index (χ4v) is 8.51. The monoisotopic (exact) mass is 936 g/mol. The highest BCUT2D eigenvalue weighted by Crippen LogP contribution is 2.43. The molecule has 0 saturated carbocycles. The zero-order chi connectivity index (χ0) is 47.4. The average molecular weight is 936 g/mol. The molecule has 0 aliphatic rings. The summed E-state index contributed by atoms with van der Waals surface area (Å²) in [7, 11) is -4.38. The molecule has 0 amide bonds. The van der Waals surface area contributed by atoms with Crippen LogP contribution in [0.4, 0.5) is 0 Å². The Bertz CT molecular complexity index is 1200. The van der Waals surface area contributed by atoms with Crippen molar-refractivity contribution in [1.82, 2.24) is 0 Å². The number of allylic oxidation sites excluding steroid dienone is 8. The van der Waals surface area contributed by atoms with Crippen molar-refractivity contribution < 1.29 is 37.6 Å². The van der Waals surface area contributed by atoms with Gasteiger partial charge in [-0.05, 0) is 51.4 Å². The number of hydrogen-bond acceptors (Lipinski definition) is 8. The fourth-order valence-electron chi connectivity index (χ4n) is 7.75. The molecule has 0 saturated heterocycles. The average Bonchev–Trinajstić information content (AvgIpc) is 3.30. The van der Waals surface area contributed by atoms with Crippen molar-refractivity contribution in [2.75, 3.05) is 26.4 Å². The molecule has 0 aromatic carbocycles. The molecular formula is C55H102NO8P. The van der Waals surface area contributed by atoms with Gasteiger partial charge in [0.1, 0.15) is 6.61 Å². The van der Waals surface area contributed by atoms with Gasteiger partial charge in [0, 0.05) is 19.4 Å². The Hall–Kier alpha value is -2.03. The molecule has 9 nitrogen and oxygen atoms in total. The van der Waals surface area contributed by atoms with Gasteiger partial charge < -0.3 is 20.1 Å². The van der Waals surface area contributed by atoms with Crippen molar-refractivity contribution in [3.63, 3.8) is 0 Å². The third kappa shape index (κ3) is 51.2. The van der Waals surface area contributed by atoms with Crippen LogP contribution in [-0.2, 0) is 32.7 Å². The van der Waals surface area contributed by atoms with Crippen LogP contribution in [0.1, 0.15) is 258 Å². The first-order valence-electron chi connectivity index (χ1n) is 27.1. The lowest BCUT2D eigenvalue weighted by Crippen LogP contribution is -2.29. The highest BCUT2D eigenvalue weighted by Gasteiger charge is 2.26. The Kier molecular flexibility index (Phi) is 49.8. The zero-order valence-corrected chi connectivity index (χ0v) is 43.1. The molecule has 380 valence electrons. The summed E-state index contributed by atoms with van der Waals surface area (Å²) in [5.74, 6) is -0.816. The Morgan fingerprint density at radius 2 is 0.846 bits per heavy atom. The lowest BCUT2D eigenvalue weighted by molar-refractivity contribution is -0.161. The standard InChI is InChI=1S/C55H102NO8P/c1-3-5-7-9-11-13-15-17-19-20-21-22-23-24-25-26-27-28-29-30-31-32-34-36-38-40-42-44-46-48-55(58)64-53(52-63-65(59,60)62-50-49-56)51-61-54(57)47-45-43-41-39-37-35-33-18-16-14-12-10-8-6-4-2/h5,7,11,13,17,19,21-22,53H,3-4,6,8-10,12,14-16,18,20,23-52,56H2,1-2H3,(H,59,60)/b7-5-,13-11-,19-17-,22-21-. The number of unbranched alkanes of at least 4 members (excludes halogenated alkanes) is 30. The maximum Gasteiger partial charge on any atom is 0.472 e. The maximum absolute atomic E-state index is 12.7. The van der Waals surface area contributed by atoms with E-state index in [1.54, 1.807) is 0 Å². The molecule has 2 atom stereocenters. The van der Waals surface area contributed by atoms with E-state index >= 15 is 0 Å². The molecule has 0 aromatic rings. The molecule has 0 aliphatic heterocycles. The van der Waals surface area contributed by atoms with Gasteiger partial charge >= 0.3 is 19.8 Å². The van der Waals surface area contributed by atoms with Crippen molar-refractivity contribution in [3.8, 4) is 0 Å². The van der Waals surface area contributed by atoms with E-state index in [1.165, 1.54) is 161 Å². The zero-order valence-electron chi connectivity index (χ0n) is 42.2. The first-order chi connectivity index (χ1) is 31.8. The van der Waals surface area contributed by atoms with Crippen molar-refractivity contribution in [1.29, 1.82) is 0 Å². The van der Waals surface area contributed by atoms with E-state index in [0.29, 0.717) is 6.42 Å². The molecule has 2 unspecified atom stereocenters. The Morgan fingerprint density at radius 3 is 1.26 bits per heavy atom. The molecule has 0 bridgehead atoms. The number of hydrogen-bond donors (Lipinski definition) is 2. The van der Waals surface area contributed by atoms with E-state index in [9.17, 15) is 19.0 Å². The summed E-state index contributed by atoms with van der Waals surface area (Å²) >= 11 is 0. The van der Waals surface area contributed by atoms with E-state index in [4.69, 9.17) is 24.3 Å². The topological polar surface area (TPSA) is 134 Å². The number of ether oxygens (including phenoxy) is 2. The van der Waals surface area contributed by atoms with Crippen molar-refractivity contribution in [2.24, 2.45) is 5.73 Å². The van der Waals surface area contributed by atoms with Crippen LogP contribution in [0.3, 0.4) is 0 Å². The quantitative estimate of drug-likeness (QED) is 0.0265. The molecule has 0 spiro atoms. The lowest BCUT2D eigenvalue weighted by Gasteiger charge is -2.19. The largest absolute Gasteiger partial charge is 0.472 e. The smallest absolute Gasteiger partial charge is 0.462 e. The summed E-state index contributed by atoms with van der Waals surface area (Å²) in [5.41, 5.74) is 5.37. The molecule has 65 heavy (non-hydrogen) atoms. The van der Waals surface area contributed by atoms with Crippen LogP contribution in [-0.4, -0.2) is 49.3 Å². The second kappa shape index (κ2) is 51.4. The fraction of sp³-hybridized carbons (Fsp3) is 0.818. The van der Waals surface area contributed by atoms with Crippen molar-refractivity contribution in [3.05, 3.63) is 48.6 Å². The molecule has 0 rings (SSSR count). The first-order valence-corrected chi connectivity index (χ1v) is 28.6. The van der Waals surface area contributed by atoms with Gasteiger partial charge in [-0.2, -0.15) is 0 Å². The van der Waals surface area contributed by atoms with Gasteiger partial charge in [-0.15, -0.1) is 0 Å². The van der Waals surface area contributed by atoms with E-state index in [-0.39, 0.29) is 38.6 Å². The van der Waals surface area contributed by atoms with Crippen LogP contribution in [0, 0.1) is 0 Å².